The summed E-state index contributed by atoms with van der Waals surface area (Å²) >= 11 is 6.25. The van der Waals surface area contributed by atoms with Gasteiger partial charge >= 0.3 is 0 Å². The minimum Gasteiger partial charge on any atom is -0.374 e. The number of rotatable bonds is 4. The van der Waals surface area contributed by atoms with Gasteiger partial charge in [0.25, 0.3) is 0 Å². The molecule has 2 fully saturated rings. The summed E-state index contributed by atoms with van der Waals surface area (Å²) < 4.78 is 5.96. The van der Waals surface area contributed by atoms with Crippen molar-refractivity contribution in [3.05, 3.63) is 23.4 Å². The van der Waals surface area contributed by atoms with Gasteiger partial charge in [0, 0.05) is 58.1 Å². The van der Waals surface area contributed by atoms with Crippen LogP contribution in [0.2, 0.25) is 5.02 Å². The molecule has 5 nitrogen and oxygen atoms in total. The summed E-state index contributed by atoms with van der Waals surface area (Å²) in [4.78, 5) is 11.7. The van der Waals surface area contributed by atoms with Gasteiger partial charge in [-0.1, -0.05) is 11.6 Å². The van der Waals surface area contributed by atoms with Crippen LogP contribution in [0.4, 0.5) is 5.82 Å². The number of aromatic nitrogens is 1. The first-order chi connectivity index (χ1) is 11.1. The summed E-state index contributed by atoms with van der Waals surface area (Å²) in [6.07, 6.45) is 2.14. The van der Waals surface area contributed by atoms with Crippen LogP contribution >= 0.6 is 11.6 Å². The molecule has 2 aliphatic heterocycles. The van der Waals surface area contributed by atoms with Crippen LogP contribution in [0.1, 0.15) is 13.8 Å². The summed E-state index contributed by atoms with van der Waals surface area (Å²) in [5, 5.41) is 0.740. The van der Waals surface area contributed by atoms with Crippen molar-refractivity contribution < 1.29 is 4.74 Å². The molecule has 1 atom stereocenters. The van der Waals surface area contributed by atoms with Crippen LogP contribution in [0, 0.1) is 0 Å². The van der Waals surface area contributed by atoms with E-state index in [1.54, 1.807) is 0 Å². The van der Waals surface area contributed by atoms with Crippen LogP contribution in [0.3, 0.4) is 0 Å². The minimum atomic E-state index is 0.330. The van der Waals surface area contributed by atoms with Gasteiger partial charge in [-0.05, 0) is 26.0 Å². The molecule has 0 bridgehead atoms. The molecule has 0 unspecified atom stereocenters. The summed E-state index contributed by atoms with van der Waals surface area (Å²) in [5.74, 6) is 0.911. The molecular weight excluding hydrogens is 312 g/mol. The largest absolute Gasteiger partial charge is 0.374 e. The second kappa shape index (κ2) is 7.79. The Morgan fingerprint density at radius 3 is 2.74 bits per heavy atom. The van der Waals surface area contributed by atoms with E-state index in [4.69, 9.17) is 16.3 Å². The molecule has 6 heteroatoms. The number of ether oxygens (including phenoxy) is 1. The molecule has 3 heterocycles. The third-order valence-electron chi connectivity index (χ3n) is 4.77. The molecule has 23 heavy (non-hydrogen) atoms. The number of nitrogens with zero attached hydrogens (tertiary/aromatic N) is 4. The monoisotopic (exact) mass is 338 g/mol. The number of morpholine rings is 1. The van der Waals surface area contributed by atoms with Crippen LogP contribution in [0.5, 0.6) is 0 Å². The van der Waals surface area contributed by atoms with E-state index in [0.29, 0.717) is 12.1 Å². The number of pyridine rings is 1. The van der Waals surface area contributed by atoms with Crippen molar-refractivity contribution in [2.24, 2.45) is 0 Å². The van der Waals surface area contributed by atoms with Gasteiger partial charge in [0.15, 0.2) is 0 Å². The van der Waals surface area contributed by atoms with Gasteiger partial charge in [0.1, 0.15) is 5.82 Å². The Hall–Kier alpha value is -0.880. The van der Waals surface area contributed by atoms with Gasteiger partial charge in [0.05, 0.1) is 17.7 Å². The van der Waals surface area contributed by atoms with E-state index < -0.39 is 0 Å². The highest BCUT2D eigenvalue weighted by Gasteiger charge is 2.26. The molecule has 0 spiro atoms. The van der Waals surface area contributed by atoms with E-state index in [0.717, 1.165) is 63.3 Å². The number of halogens is 1. The second-order valence-corrected chi connectivity index (χ2v) is 7.09. The zero-order chi connectivity index (χ0) is 16.2. The van der Waals surface area contributed by atoms with Crippen molar-refractivity contribution in [1.29, 1.82) is 0 Å². The van der Waals surface area contributed by atoms with Crippen molar-refractivity contribution in [2.45, 2.75) is 26.0 Å². The van der Waals surface area contributed by atoms with E-state index in [1.807, 2.05) is 18.3 Å². The first-order valence-electron chi connectivity index (χ1n) is 8.57. The maximum atomic E-state index is 6.25. The average molecular weight is 339 g/mol. The van der Waals surface area contributed by atoms with Gasteiger partial charge in [-0.2, -0.15) is 0 Å². The van der Waals surface area contributed by atoms with Crippen LogP contribution in [-0.2, 0) is 4.74 Å². The Morgan fingerprint density at radius 2 is 2.04 bits per heavy atom. The summed E-state index contributed by atoms with van der Waals surface area (Å²) in [7, 11) is 0. The molecule has 3 rings (SSSR count). The highest BCUT2D eigenvalue weighted by molar-refractivity contribution is 6.32. The fourth-order valence-corrected chi connectivity index (χ4v) is 3.60. The van der Waals surface area contributed by atoms with Crippen molar-refractivity contribution in [2.75, 3.05) is 57.3 Å². The number of piperazine rings is 1. The molecular formula is C17H27ClN4O. The van der Waals surface area contributed by atoms with E-state index in [1.165, 1.54) is 0 Å². The molecule has 2 aliphatic rings. The van der Waals surface area contributed by atoms with Crippen LogP contribution in [-0.4, -0.2) is 79.3 Å². The van der Waals surface area contributed by atoms with Crippen molar-refractivity contribution >= 4 is 17.4 Å². The molecule has 2 saturated heterocycles. The normalized spacial score (nSPS) is 24.3. The Bertz CT molecular complexity index is 505. The molecule has 1 aromatic heterocycles. The Kier molecular flexibility index (Phi) is 5.75. The third-order valence-corrected chi connectivity index (χ3v) is 5.07. The molecule has 128 valence electrons. The molecule has 0 N–H and O–H groups in total. The summed E-state index contributed by atoms with van der Waals surface area (Å²) in [5.41, 5.74) is 0. The van der Waals surface area contributed by atoms with E-state index in [9.17, 15) is 0 Å². The molecule has 0 amide bonds. The topological polar surface area (TPSA) is 31.8 Å². The predicted octanol–water partition coefficient (Wildman–Crippen LogP) is 1.97. The summed E-state index contributed by atoms with van der Waals surface area (Å²) in [6, 6.07) is 4.39. The van der Waals surface area contributed by atoms with Gasteiger partial charge in [-0.15, -0.1) is 0 Å². The zero-order valence-corrected chi connectivity index (χ0v) is 14.9. The molecule has 0 saturated carbocycles. The average Bonchev–Trinajstić information content (AvgIpc) is 2.56. The van der Waals surface area contributed by atoms with Crippen molar-refractivity contribution in [3.63, 3.8) is 0 Å². The van der Waals surface area contributed by atoms with Gasteiger partial charge in [-0.25, -0.2) is 4.98 Å². The smallest absolute Gasteiger partial charge is 0.147 e. The van der Waals surface area contributed by atoms with E-state index in [-0.39, 0.29) is 0 Å². The van der Waals surface area contributed by atoms with Crippen LogP contribution in [0.15, 0.2) is 18.3 Å². The maximum absolute atomic E-state index is 6.25. The number of hydrogen-bond acceptors (Lipinski definition) is 5. The van der Waals surface area contributed by atoms with Crippen molar-refractivity contribution in [3.8, 4) is 0 Å². The minimum absolute atomic E-state index is 0.330. The van der Waals surface area contributed by atoms with Crippen LogP contribution in [0.25, 0.3) is 0 Å². The first-order valence-corrected chi connectivity index (χ1v) is 8.95. The Morgan fingerprint density at radius 1 is 1.26 bits per heavy atom. The van der Waals surface area contributed by atoms with Gasteiger partial charge < -0.3 is 9.64 Å². The van der Waals surface area contributed by atoms with E-state index in [2.05, 4.69) is 33.5 Å². The maximum Gasteiger partial charge on any atom is 0.147 e. The van der Waals surface area contributed by atoms with Gasteiger partial charge in [0.2, 0.25) is 0 Å². The third kappa shape index (κ3) is 4.35. The first kappa shape index (κ1) is 17.0. The number of hydrogen-bond donors (Lipinski definition) is 0. The molecule has 0 radical (unpaired) electrons. The number of anilines is 1. The lowest BCUT2D eigenvalue weighted by Gasteiger charge is -2.40. The SMILES string of the molecule is CC(C)N1CCO[C@H](CN2CCN(c3ncccc3Cl)CC2)C1. The zero-order valence-electron chi connectivity index (χ0n) is 14.1. The second-order valence-electron chi connectivity index (χ2n) is 6.68. The van der Waals surface area contributed by atoms with Crippen molar-refractivity contribution in [1.82, 2.24) is 14.8 Å². The quantitative estimate of drug-likeness (QED) is 0.838. The molecule has 1 aromatic rings. The van der Waals surface area contributed by atoms with Crippen LogP contribution < -0.4 is 4.90 Å². The van der Waals surface area contributed by atoms with Gasteiger partial charge in [-0.3, -0.25) is 9.80 Å². The molecule has 0 aliphatic carbocycles. The lowest BCUT2D eigenvalue weighted by atomic mass is 10.2. The fourth-order valence-electron chi connectivity index (χ4n) is 3.36. The van der Waals surface area contributed by atoms with E-state index >= 15 is 0 Å². The summed E-state index contributed by atoms with van der Waals surface area (Å²) in [6.45, 7) is 12.5. The highest BCUT2D eigenvalue weighted by atomic mass is 35.5. The Labute approximate surface area is 144 Å². The Balaban J connectivity index is 1.49. The lowest BCUT2D eigenvalue weighted by Crippen LogP contribution is -2.53. The standard InChI is InChI=1S/C17H27ClN4O/c1-14(2)22-10-11-23-15(13-22)12-20-6-8-21(9-7-20)17-16(18)4-3-5-19-17/h3-5,14-15H,6-13H2,1-2H3/t15-/m1/s1. The lowest BCUT2D eigenvalue weighted by molar-refractivity contribution is -0.0525. The fraction of sp³-hybridized carbons (Fsp3) is 0.706. The molecule has 0 aromatic carbocycles. The predicted molar refractivity (Wildman–Crippen MR) is 94.3 cm³/mol. The highest BCUT2D eigenvalue weighted by Crippen LogP contribution is 2.23.